The Morgan fingerprint density at radius 1 is 1.27 bits per heavy atom. The molecule has 2 fully saturated rings. The van der Waals surface area contributed by atoms with E-state index in [0.717, 1.165) is 33.6 Å². The van der Waals surface area contributed by atoms with Crippen molar-refractivity contribution in [3.8, 4) is 0 Å². The van der Waals surface area contributed by atoms with Crippen molar-refractivity contribution in [2.24, 2.45) is 0 Å². The lowest BCUT2D eigenvalue weighted by Gasteiger charge is -2.29. The van der Waals surface area contributed by atoms with E-state index in [1.165, 1.54) is 25.8 Å². The Labute approximate surface area is 139 Å². The van der Waals surface area contributed by atoms with E-state index in [1.807, 2.05) is 0 Å². The van der Waals surface area contributed by atoms with E-state index in [-0.39, 0.29) is 0 Å². The highest BCUT2D eigenvalue weighted by Gasteiger charge is 2.38. The van der Waals surface area contributed by atoms with Crippen LogP contribution in [-0.2, 0) is 0 Å². The van der Waals surface area contributed by atoms with Crippen molar-refractivity contribution in [3.05, 3.63) is 6.33 Å². The second kappa shape index (κ2) is 5.94. The van der Waals surface area contributed by atoms with Gasteiger partial charge in [0.2, 0.25) is 0 Å². The number of likely N-dealkylation sites (N-methyl/N-ethyl adjacent to an activating group) is 1. The second-order valence-corrected chi connectivity index (χ2v) is 8.06. The quantitative estimate of drug-likeness (QED) is 0.804. The fourth-order valence-corrected chi connectivity index (χ4v) is 5.28. The van der Waals surface area contributed by atoms with Gasteiger partial charge in [-0.25, -0.2) is 15.0 Å². The van der Waals surface area contributed by atoms with Crippen LogP contribution >= 0.6 is 23.1 Å². The normalized spacial score (nSPS) is 25.8. The van der Waals surface area contributed by atoms with Gasteiger partial charge in [0, 0.05) is 25.2 Å². The van der Waals surface area contributed by atoms with Crippen molar-refractivity contribution in [1.82, 2.24) is 19.9 Å². The van der Waals surface area contributed by atoms with E-state index < -0.39 is 0 Å². The molecule has 4 heterocycles. The molecule has 0 spiro atoms. The lowest BCUT2D eigenvalue weighted by atomic mass is 10.1. The maximum Gasteiger partial charge on any atom is 0.176 e. The van der Waals surface area contributed by atoms with Gasteiger partial charge < -0.3 is 9.80 Å². The number of rotatable bonds is 3. The van der Waals surface area contributed by atoms with Crippen molar-refractivity contribution >= 4 is 39.3 Å². The third-order valence-corrected chi connectivity index (χ3v) is 6.91. The summed E-state index contributed by atoms with van der Waals surface area (Å²) in [5, 5.41) is 0. The molecule has 118 valence electrons. The molecule has 0 saturated carbocycles. The molecule has 2 saturated heterocycles. The molecule has 0 aliphatic carbocycles. The predicted octanol–water partition coefficient (Wildman–Crippen LogP) is 2.87. The average Bonchev–Trinajstić information content (AvgIpc) is 3.07. The minimum atomic E-state index is 0.588. The average molecular weight is 336 g/mol. The zero-order valence-corrected chi connectivity index (χ0v) is 14.7. The summed E-state index contributed by atoms with van der Waals surface area (Å²) >= 11 is 3.42. The Hall–Kier alpha value is -0.920. The van der Waals surface area contributed by atoms with Crippen molar-refractivity contribution in [1.29, 1.82) is 0 Å². The van der Waals surface area contributed by atoms with Gasteiger partial charge >= 0.3 is 0 Å². The van der Waals surface area contributed by atoms with Crippen LogP contribution in [0.5, 0.6) is 0 Å². The largest absolute Gasteiger partial charge is 0.348 e. The molecule has 2 aromatic rings. The summed E-state index contributed by atoms with van der Waals surface area (Å²) in [6.45, 7) is 5.78. The summed E-state index contributed by atoms with van der Waals surface area (Å²) in [5.41, 5.74) is 0.857. The first-order valence-corrected chi connectivity index (χ1v) is 10.0. The van der Waals surface area contributed by atoms with Gasteiger partial charge in [-0.15, -0.1) is 11.3 Å². The fraction of sp³-hybridized carbons (Fsp3) is 0.667. The summed E-state index contributed by atoms with van der Waals surface area (Å²) in [7, 11) is 0. The van der Waals surface area contributed by atoms with Crippen LogP contribution < -0.4 is 4.90 Å². The molecular formula is C15H21N5S2. The van der Waals surface area contributed by atoms with Crippen LogP contribution in [0.1, 0.15) is 26.2 Å². The van der Waals surface area contributed by atoms with Gasteiger partial charge in [-0.05, 0) is 32.1 Å². The summed E-state index contributed by atoms with van der Waals surface area (Å²) in [4.78, 5) is 18.8. The van der Waals surface area contributed by atoms with Crippen LogP contribution in [0.4, 0.5) is 5.82 Å². The Morgan fingerprint density at radius 2 is 2.14 bits per heavy atom. The van der Waals surface area contributed by atoms with Crippen molar-refractivity contribution in [3.63, 3.8) is 0 Å². The van der Waals surface area contributed by atoms with E-state index >= 15 is 0 Å². The van der Waals surface area contributed by atoms with Crippen molar-refractivity contribution in [2.75, 3.05) is 30.8 Å². The fourth-order valence-electron chi connectivity index (χ4n) is 3.77. The number of aromatic nitrogens is 3. The molecule has 4 rings (SSSR count). The maximum atomic E-state index is 4.67. The number of hydrogen-bond donors (Lipinski definition) is 0. The first-order valence-electron chi connectivity index (χ1n) is 7.96. The van der Waals surface area contributed by atoms with E-state index in [9.17, 15) is 0 Å². The molecule has 22 heavy (non-hydrogen) atoms. The van der Waals surface area contributed by atoms with Gasteiger partial charge in [0.1, 0.15) is 11.0 Å². The summed E-state index contributed by atoms with van der Waals surface area (Å²) in [6, 6.07) is 1.21. The van der Waals surface area contributed by atoms with Crippen LogP contribution in [0, 0.1) is 0 Å². The third-order valence-electron chi connectivity index (χ3n) is 4.89. The molecule has 0 radical (unpaired) electrons. The van der Waals surface area contributed by atoms with E-state index in [2.05, 4.69) is 37.9 Å². The Kier molecular flexibility index (Phi) is 3.96. The lowest BCUT2D eigenvalue weighted by Crippen LogP contribution is -2.39. The smallest absolute Gasteiger partial charge is 0.176 e. The van der Waals surface area contributed by atoms with Crippen LogP contribution in [0.25, 0.3) is 10.3 Å². The van der Waals surface area contributed by atoms with Gasteiger partial charge in [-0.1, -0.05) is 18.7 Å². The predicted molar refractivity (Wildman–Crippen MR) is 93.0 cm³/mol. The van der Waals surface area contributed by atoms with Gasteiger partial charge in [0.15, 0.2) is 15.8 Å². The Bertz CT molecular complexity index is 673. The summed E-state index contributed by atoms with van der Waals surface area (Å²) in [5.74, 6) is 1.12. The Morgan fingerprint density at radius 3 is 2.95 bits per heavy atom. The maximum absolute atomic E-state index is 4.67. The van der Waals surface area contributed by atoms with E-state index in [1.54, 1.807) is 29.4 Å². The number of nitrogens with zero attached hydrogens (tertiary/aromatic N) is 5. The highest BCUT2D eigenvalue weighted by molar-refractivity contribution is 8.00. The molecular weight excluding hydrogens is 314 g/mol. The first kappa shape index (κ1) is 14.7. The number of thiazole rings is 1. The van der Waals surface area contributed by atoms with Crippen molar-refractivity contribution < 1.29 is 0 Å². The number of fused-ring (bicyclic) bond motifs is 3. The zero-order chi connectivity index (χ0) is 15.1. The molecule has 2 aliphatic heterocycles. The van der Waals surface area contributed by atoms with Crippen molar-refractivity contribution in [2.45, 2.75) is 42.6 Å². The lowest BCUT2D eigenvalue weighted by molar-refractivity contribution is 0.273. The van der Waals surface area contributed by atoms with Crippen LogP contribution in [0.15, 0.2) is 10.7 Å². The molecule has 0 N–H and O–H groups in total. The highest BCUT2D eigenvalue weighted by atomic mass is 32.2. The monoisotopic (exact) mass is 335 g/mol. The standard InChI is InChI=1S/C15H21N5S2/c1-3-19-7-6-10-4-5-11(8-19)20(10)14-12-13(16-9-17-14)18-15(21-2)22-12/h9-11H,3-8H2,1-2H3. The number of hydrogen-bond acceptors (Lipinski definition) is 7. The molecule has 2 bridgehead atoms. The van der Waals surface area contributed by atoms with Crippen LogP contribution in [-0.4, -0.2) is 57.8 Å². The van der Waals surface area contributed by atoms with Gasteiger partial charge in [-0.2, -0.15) is 0 Å². The molecule has 0 aromatic carbocycles. The molecule has 0 amide bonds. The minimum absolute atomic E-state index is 0.588. The first-order chi connectivity index (χ1) is 10.8. The van der Waals surface area contributed by atoms with Crippen LogP contribution in [0.2, 0.25) is 0 Å². The molecule has 2 aliphatic rings. The van der Waals surface area contributed by atoms with E-state index in [4.69, 9.17) is 0 Å². The van der Waals surface area contributed by atoms with Crippen LogP contribution in [0.3, 0.4) is 0 Å². The molecule has 5 nitrogen and oxygen atoms in total. The summed E-state index contributed by atoms with van der Waals surface area (Å²) in [6.07, 6.45) is 7.57. The van der Waals surface area contributed by atoms with Gasteiger partial charge in [0.05, 0.1) is 0 Å². The number of thioether (sulfide) groups is 1. The number of likely N-dealkylation sites (tertiary alicyclic amines) is 1. The zero-order valence-electron chi connectivity index (χ0n) is 13.0. The second-order valence-electron chi connectivity index (χ2n) is 6.01. The summed E-state index contributed by atoms with van der Waals surface area (Å²) < 4.78 is 2.24. The molecule has 2 atom stereocenters. The van der Waals surface area contributed by atoms with E-state index in [0.29, 0.717) is 12.1 Å². The molecule has 7 heteroatoms. The SMILES string of the molecule is CCN1CCC2CCC(C1)N2c1ncnc2nc(SC)sc12. The third kappa shape index (κ3) is 2.39. The highest BCUT2D eigenvalue weighted by Crippen LogP contribution is 2.39. The Balaban J connectivity index is 1.76. The van der Waals surface area contributed by atoms with Gasteiger partial charge in [-0.3, -0.25) is 0 Å². The molecule has 2 unspecified atom stereocenters. The topological polar surface area (TPSA) is 45.2 Å². The minimum Gasteiger partial charge on any atom is -0.348 e. The number of anilines is 1. The van der Waals surface area contributed by atoms with Gasteiger partial charge in [0.25, 0.3) is 0 Å². The molecule has 2 aromatic heterocycles.